The SMILES string of the molecule is CC(C)N(C)CC(=O)Nc1ccc(I)cc1. The van der Waals surface area contributed by atoms with Crippen LogP contribution in [0.3, 0.4) is 0 Å². The molecule has 4 heteroatoms. The van der Waals surface area contributed by atoms with Crippen LogP contribution in [0.5, 0.6) is 0 Å². The van der Waals surface area contributed by atoms with E-state index in [1.165, 1.54) is 0 Å². The Bertz CT molecular complexity index is 349. The van der Waals surface area contributed by atoms with Gasteiger partial charge in [-0.3, -0.25) is 9.69 Å². The summed E-state index contributed by atoms with van der Waals surface area (Å²) in [5.74, 6) is 0.0254. The molecule has 16 heavy (non-hydrogen) atoms. The van der Waals surface area contributed by atoms with Gasteiger partial charge in [-0.15, -0.1) is 0 Å². The molecule has 1 rings (SSSR count). The third-order valence-electron chi connectivity index (χ3n) is 2.40. The van der Waals surface area contributed by atoms with Gasteiger partial charge in [0.1, 0.15) is 0 Å². The first-order valence-electron chi connectivity index (χ1n) is 5.24. The van der Waals surface area contributed by atoms with Crippen molar-refractivity contribution < 1.29 is 4.79 Å². The highest BCUT2D eigenvalue weighted by Gasteiger charge is 2.09. The number of carbonyl (C=O) groups excluding carboxylic acids is 1. The maximum absolute atomic E-state index is 11.7. The second-order valence-electron chi connectivity index (χ2n) is 4.06. The maximum Gasteiger partial charge on any atom is 0.238 e. The van der Waals surface area contributed by atoms with Crippen molar-refractivity contribution in [2.45, 2.75) is 19.9 Å². The van der Waals surface area contributed by atoms with Gasteiger partial charge in [-0.2, -0.15) is 0 Å². The predicted molar refractivity (Wildman–Crippen MR) is 75.6 cm³/mol. The number of rotatable bonds is 4. The van der Waals surface area contributed by atoms with Crippen molar-refractivity contribution in [2.24, 2.45) is 0 Å². The van der Waals surface area contributed by atoms with Gasteiger partial charge in [0.05, 0.1) is 6.54 Å². The van der Waals surface area contributed by atoms with Crippen molar-refractivity contribution in [2.75, 3.05) is 18.9 Å². The lowest BCUT2D eigenvalue weighted by atomic mass is 10.3. The molecule has 0 aliphatic carbocycles. The van der Waals surface area contributed by atoms with Crippen LogP contribution in [-0.4, -0.2) is 30.4 Å². The summed E-state index contributed by atoms with van der Waals surface area (Å²) in [6.45, 7) is 4.56. The molecule has 0 unspecified atom stereocenters. The number of hydrogen-bond acceptors (Lipinski definition) is 2. The molecule has 0 heterocycles. The van der Waals surface area contributed by atoms with Gasteiger partial charge < -0.3 is 5.32 Å². The largest absolute Gasteiger partial charge is 0.325 e. The summed E-state index contributed by atoms with van der Waals surface area (Å²) in [6.07, 6.45) is 0. The van der Waals surface area contributed by atoms with Gasteiger partial charge in [0.25, 0.3) is 0 Å². The first kappa shape index (κ1) is 13.4. The van der Waals surface area contributed by atoms with E-state index in [0.29, 0.717) is 12.6 Å². The molecule has 3 nitrogen and oxygen atoms in total. The van der Waals surface area contributed by atoms with E-state index in [-0.39, 0.29) is 5.91 Å². The van der Waals surface area contributed by atoms with Crippen LogP contribution >= 0.6 is 22.6 Å². The maximum atomic E-state index is 11.7. The zero-order valence-electron chi connectivity index (χ0n) is 9.83. The lowest BCUT2D eigenvalue weighted by Gasteiger charge is -2.20. The number of hydrogen-bond donors (Lipinski definition) is 1. The van der Waals surface area contributed by atoms with Gasteiger partial charge in [0.15, 0.2) is 0 Å². The van der Waals surface area contributed by atoms with E-state index < -0.39 is 0 Å². The first-order chi connectivity index (χ1) is 7.49. The molecule has 0 aliphatic rings. The molecular formula is C12H17IN2O. The Hall–Kier alpha value is -0.620. The normalized spacial score (nSPS) is 10.9. The van der Waals surface area contributed by atoms with Crippen molar-refractivity contribution in [3.63, 3.8) is 0 Å². The highest BCUT2D eigenvalue weighted by molar-refractivity contribution is 14.1. The highest BCUT2D eigenvalue weighted by atomic mass is 127. The Morgan fingerprint density at radius 3 is 2.44 bits per heavy atom. The van der Waals surface area contributed by atoms with E-state index in [2.05, 4.69) is 41.8 Å². The fraction of sp³-hybridized carbons (Fsp3) is 0.417. The van der Waals surface area contributed by atoms with Crippen molar-refractivity contribution in [1.29, 1.82) is 0 Å². The summed E-state index contributed by atoms with van der Waals surface area (Å²) in [5, 5.41) is 2.87. The van der Waals surface area contributed by atoms with Crippen molar-refractivity contribution in [1.82, 2.24) is 4.90 Å². The van der Waals surface area contributed by atoms with Crippen LogP contribution in [0.4, 0.5) is 5.69 Å². The third-order valence-corrected chi connectivity index (χ3v) is 3.12. The number of halogens is 1. The number of nitrogens with zero attached hydrogens (tertiary/aromatic N) is 1. The van der Waals surface area contributed by atoms with Gasteiger partial charge in [-0.05, 0) is 67.8 Å². The first-order valence-corrected chi connectivity index (χ1v) is 6.32. The van der Waals surface area contributed by atoms with Crippen LogP contribution in [0.25, 0.3) is 0 Å². The van der Waals surface area contributed by atoms with Crippen LogP contribution in [0.2, 0.25) is 0 Å². The molecule has 0 spiro atoms. The minimum absolute atomic E-state index is 0.0254. The fourth-order valence-corrected chi connectivity index (χ4v) is 1.50. The molecule has 1 aromatic rings. The summed E-state index contributed by atoms with van der Waals surface area (Å²) in [4.78, 5) is 13.7. The van der Waals surface area contributed by atoms with Gasteiger partial charge >= 0.3 is 0 Å². The third kappa shape index (κ3) is 4.49. The predicted octanol–water partition coefficient (Wildman–Crippen LogP) is 2.57. The second kappa shape index (κ2) is 6.20. The van der Waals surface area contributed by atoms with E-state index >= 15 is 0 Å². The highest BCUT2D eigenvalue weighted by Crippen LogP contribution is 2.11. The van der Waals surface area contributed by atoms with E-state index in [1.807, 2.05) is 36.2 Å². The number of amides is 1. The average molecular weight is 332 g/mol. The summed E-state index contributed by atoms with van der Waals surface area (Å²) in [6, 6.07) is 8.15. The van der Waals surface area contributed by atoms with E-state index in [4.69, 9.17) is 0 Å². The quantitative estimate of drug-likeness (QED) is 0.860. The van der Waals surface area contributed by atoms with Gasteiger partial charge in [-0.25, -0.2) is 0 Å². The smallest absolute Gasteiger partial charge is 0.238 e. The molecule has 0 aromatic heterocycles. The molecule has 0 radical (unpaired) electrons. The van der Waals surface area contributed by atoms with Crippen molar-refractivity contribution in [3.05, 3.63) is 27.8 Å². The van der Waals surface area contributed by atoms with Crippen LogP contribution in [0.15, 0.2) is 24.3 Å². The summed E-state index contributed by atoms with van der Waals surface area (Å²) in [7, 11) is 1.94. The monoisotopic (exact) mass is 332 g/mol. The standard InChI is InChI=1S/C12H17IN2O/c1-9(2)15(3)8-12(16)14-11-6-4-10(13)5-7-11/h4-7,9H,8H2,1-3H3,(H,14,16). The van der Waals surface area contributed by atoms with Crippen molar-refractivity contribution >= 4 is 34.2 Å². The molecule has 0 fully saturated rings. The number of likely N-dealkylation sites (N-methyl/N-ethyl adjacent to an activating group) is 1. The molecular weight excluding hydrogens is 315 g/mol. The molecule has 0 saturated heterocycles. The molecule has 88 valence electrons. The zero-order valence-corrected chi connectivity index (χ0v) is 12.0. The minimum atomic E-state index is 0.0254. The zero-order chi connectivity index (χ0) is 12.1. The van der Waals surface area contributed by atoms with Crippen LogP contribution in [0, 0.1) is 3.57 Å². The second-order valence-corrected chi connectivity index (χ2v) is 5.31. The topological polar surface area (TPSA) is 32.3 Å². The van der Waals surface area contributed by atoms with Crippen LogP contribution in [0.1, 0.15) is 13.8 Å². The average Bonchev–Trinajstić information content (AvgIpc) is 2.21. The number of nitrogens with one attached hydrogen (secondary N) is 1. The number of anilines is 1. The number of benzene rings is 1. The Labute approximate surface area is 110 Å². The molecule has 1 amide bonds. The molecule has 0 saturated carbocycles. The van der Waals surface area contributed by atoms with Gasteiger partial charge in [0, 0.05) is 15.3 Å². The van der Waals surface area contributed by atoms with Gasteiger partial charge in [-0.1, -0.05) is 0 Å². The molecule has 1 aromatic carbocycles. The summed E-state index contributed by atoms with van der Waals surface area (Å²) < 4.78 is 1.16. The molecule has 1 N–H and O–H groups in total. The Kier molecular flexibility index (Phi) is 5.21. The Morgan fingerprint density at radius 2 is 1.94 bits per heavy atom. The minimum Gasteiger partial charge on any atom is -0.325 e. The lowest BCUT2D eigenvalue weighted by molar-refractivity contribution is -0.117. The van der Waals surface area contributed by atoms with E-state index in [9.17, 15) is 4.79 Å². The van der Waals surface area contributed by atoms with Crippen LogP contribution in [-0.2, 0) is 4.79 Å². The van der Waals surface area contributed by atoms with Gasteiger partial charge in [0.2, 0.25) is 5.91 Å². The van der Waals surface area contributed by atoms with Crippen LogP contribution < -0.4 is 5.32 Å². The van der Waals surface area contributed by atoms with Crippen molar-refractivity contribution in [3.8, 4) is 0 Å². The summed E-state index contributed by atoms with van der Waals surface area (Å²) >= 11 is 2.24. The fourth-order valence-electron chi connectivity index (χ4n) is 1.14. The Balaban J connectivity index is 2.48. The Morgan fingerprint density at radius 1 is 1.38 bits per heavy atom. The summed E-state index contributed by atoms with van der Waals surface area (Å²) in [5.41, 5.74) is 0.850. The lowest BCUT2D eigenvalue weighted by Crippen LogP contribution is -2.34. The molecule has 0 aliphatic heterocycles. The molecule has 0 atom stereocenters. The molecule has 0 bridgehead atoms. The number of carbonyl (C=O) groups is 1. The van der Waals surface area contributed by atoms with E-state index in [1.54, 1.807) is 0 Å². The van der Waals surface area contributed by atoms with E-state index in [0.717, 1.165) is 9.26 Å².